The number of rotatable bonds is 0. The summed E-state index contributed by atoms with van der Waals surface area (Å²) < 4.78 is 4.36. The summed E-state index contributed by atoms with van der Waals surface area (Å²) in [4.78, 5) is 0. The fourth-order valence-corrected chi connectivity index (χ4v) is 1.90. The predicted octanol–water partition coefficient (Wildman–Crippen LogP) is 1.21. The van der Waals surface area contributed by atoms with Gasteiger partial charge in [-0.25, -0.2) is 0 Å². The standard InChI is InChI=1S/C5H11NS/c1-7-5-3-2-4-6-7/h2-5H2,1H3. The molecule has 7 heavy (non-hydrogen) atoms. The highest BCUT2D eigenvalue weighted by Crippen LogP contribution is 2.00. The lowest BCUT2D eigenvalue weighted by molar-refractivity contribution is 0.801. The normalized spacial score (nSPS) is 31.9. The van der Waals surface area contributed by atoms with E-state index < -0.39 is 0 Å². The van der Waals surface area contributed by atoms with Crippen LogP contribution in [-0.4, -0.2) is 18.6 Å². The van der Waals surface area contributed by atoms with E-state index in [0.717, 1.165) is 6.54 Å². The minimum atomic E-state index is 0.435. The van der Waals surface area contributed by atoms with Gasteiger partial charge in [0, 0.05) is 12.3 Å². The van der Waals surface area contributed by atoms with Crippen LogP contribution >= 0.6 is 0 Å². The van der Waals surface area contributed by atoms with Crippen molar-refractivity contribution in [3.05, 3.63) is 0 Å². The minimum absolute atomic E-state index is 0.435. The Morgan fingerprint density at radius 2 is 2.29 bits per heavy atom. The molecule has 0 aromatic carbocycles. The maximum atomic E-state index is 4.36. The zero-order valence-corrected chi connectivity index (χ0v) is 5.50. The van der Waals surface area contributed by atoms with Crippen molar-refractivity contribution in [2.45, 2.75) is 12.8 Å². The van der Waals surface area contributed by atoms with Crippen LogP contribution in [0.25, 0.3) is 0 Å². The van der Waals surface area contributed by atoms with Crippen LogP contribution in [0.1, 0.15) is 12.8 Å². The molecule has 0 fully saturated rings. The number of hydrogen-bond donors (Lipinski definition) is 0. The molecule has 0 spiro atoms. The largest absolute Gasteiger partial charge is 0.265 e. The summed E-state index contributed by atoms with van der Waals surface area (Å²) in [5.41, 5.74) is 0. The van der Waals surface area contributed by atoms with Gasteiger partial charge in [0.15, 0.2) is 0 Å². The van der Waals surface area contributed by atoms with Gasteiger partial charge in [0.1, 0.15) is 0 Å². The summed E-state index contributed by atoms with van der Waals surface area (Å²) in [5.74, 6) is 1.35. The van der Waals surface area contributed by atoms with Crippen LogP contribution < -0.4 is 0 Å². The first-order valence-corrected chi connectivity index (χ1v) is 4.45. The molecule has 42 valence electrons. The quantitative estimate of drug-likeness (QED) is 0.452. The van der Waals surface area contributed by atoms with E-state index in [-0.39, 0.29) is 0 Å². The molecule has 1 aliphatic rings. The van der Waals surface area contributed by atoms with Gasteiger partial charge in [0.2, 0.25) is 0 Å². The minimum Gasteiger partial charge on any atom is -0.265 e. The van der Waals surface area contributed by atoms with E-state index >= 15 is 0 Å². The highest BCUT2D eigenvalue weighted by atomic mass is 32.2. The molecular weight excluding hydrogens is 106 g/mol. The molecule has 0 aromatic rings. The molecular formula is C5H11NS. The maximum absolute atomic E-state index is 4.36. The fourth-order valence-electron chi connectivity index (χ4n) is 0.708. The Morgan fingerprint density at radius 1 is 1.43 bits per heavy atom. The average molecular weight is 117 g/mol. The van der Waals surface area contributed by atoms with Crippen LogP contribution in [0, 0.1) is 0 Å². The lowest BCUT2D eigenvalue weighted by Gasteiger charge is -2.06. The summed E-state index contributed by atoms with van der Waals surface area (Å²) in [7, 11) is 0.435. The molecule has 1 aliphatic heterocycles. The molecule has 0 saturated heterocycles. The van der Waals surface area contributed by atoms with Gasteiger partial charge < -0.3 is 0 Å². The SMILES string of the molecule is CS1=NCCCC1. The van der Waals surface area contributed by atoms with Crippen LogP contribution in [0.4, 0.5) is 0 Å². The molecule has 1 rings (SSSR count). The van der Waals surface area contributed by atoms with Gasteiger partial charge in [0.25, 0.3) is 0 Å². The monoisotopic (exact) mass is 117 g/mol. The molecule has 0 saturated carbocycles. The molecule has 0 aromatic heterocycles. The molecule has 1 atom stereocenters. The Kier molecular flexibility index (Phi) is 1.86. The zero-order chi connectivity index (χ0) is 5.11. The van der Waals surface area contributed by atoms with Gasteiger partial charge in [-0.3, -0.25) is 4.36 Å². The second kappa shape index (κ2) is 2.46. The molecule has 0 N–H and O–H groups in total. The van der Waals surface area contributed by atoms with Crippen molar-refractivity contribution in [1.29, 1.82) is 0 Å². The van der Waals surface area contributed by atoms with Gasteiger partial charge in [-0.2, -0.15) is 0 Å². The van der Waals surface area contributed by atoms with Crippen molar-refractivity contribution in [3.8, 4) is 0 Å². The van der Waals surface area contributed by atoms with Gasteiger partial charge in [-0.05, 0) is 19.1 Å². The predicted molar refractivity (Wildman–Crippen MR) is 34.7 cm³/mol. The average Bonchev–Trinajstić information content (AvgIpc) is 1.69. The van der Waals surface area contributed by atoms with E-state index in [4.69, 9.17) is 0 Å². The van der Waals surface area contributed by atoms with E-state index in [1.54, 1.807) is 0 Å². The van der Waals surface area contributed by atoms with Gasteiger partial charge in [-0.1, -0.05) is 0 Å². The first kappa shape index (κ1) is 5.29. The topological polar surface area (TPSA) is 12.4 Å². The van der Waals surface area contributed by atoms with Crippen LogP contribution in [0.3, 0.4) is 0 Å². The first-order chi connectivity index (χ1) is 3.39. The maximum Gasteiger partial charge on any atom is 0.0458 e. The molecule has 1 nitrogen and oxygen atoms in total. The Labute approximate surface area is 47.2 Å². The van der Waals surface area contributed by atoms with Crippen LogP contribution in [-0.2, 0) is 10.7 Å². The van der Waals surface area contributed by atoms with E-state index in [1.165, 1.54) is 18.6 Å². The highest BCUT2D eigenvalue weighted by molar-refractivity contribution is 7.86. The summed E-state index contributed by atoms with van der Waals surface area (Å²) >= 11 is 0. The van der Waals surface area contributed by atoms with Gasteiger partial charge in [-0.15, -0.1) is 10.7 Å². The number of nitrogens with zero attached hydrogens (tertiary/aromatic N) is 1. The fraction of sp³-hybridized carbons (Fsp3) is 1.00. The van der Waals surface area contributed by atoms with Crippen molar-refractivity contribution in [2.75, 3.05) is 18.6 Å². The Balaban J connectivity index is 2.40. The number of hydrogen-bond acceptors (Lipinski definition) is 1. The third-order valence-electron chi connectivity index (χ3n) is 1.16. The van der Waals surface area contributed by atoms with Gasteiger partial charge in [0.05, 0.1) is 0 Å². The molecule has 0 radical (unpaired) electrons. The summed E-state index contributed by atoms with van der Waals surface area (Å²) in [6.45, 7) is 1.12. The Hall–Kier alpha value is 0.150. The van der Waals surface area contributed by atoms with E-state index in [1.807, 2.05) is 0 Å². The van der Waals surface area contributed by atoms with Crippen molar-refractivity contribution >= 4 is 10.7 Å². The molecule has 0 aliphatic carbocycles. The molecule has 1 heterocycles. The first-order valence-electron chi connectivity index (χ1n) is 2.70. The van der Waals surface area contributed by atoms with Crippen molar-refractivity contribution < 1.29 is 0 Å². The summed E-state index contributed by atoms with van der Waals surface area (Å²) in [6.07, 6.45) is 4.96. The third kappa shape index (κ3) is 1.59. The second-order valence-electron chi connectivity index (χ2n) is 1.86. The Bertz CT molecular complexity index is 88.1. The van der Waals surface area contributed by atoms with Crippen LogP contribution in [0.15, 0.2) is 4.36 Å². The van der Waals surface area contributed by atoms with Gasteiger partial charge >= 0.3 is 0 Å². The lowest BCUT2D eigenvalue weighted by atomic mass is 10.3. The van der Waals surface area contributed by atoms with Crippen LogP contribution in [0.5, 0.6) is 0 Å². The van der Waals surface area contributed by atoms with Crippen molar-refractivity contribution in [3.63, 3.8) is 0 Å². The molecule has 0 amide bonds. The van der Waals surface area contributed by atoms with E-state index in [2.05, 4.69) is 10.6 Å². The van der Waals surface area contributed by atoms with E-state index in [9.17, 15) is 0 Å². The second-order valence-corrected chi connectivity index (χ2v) is 3.73. The van der Waals surface area contributed by atoms with E-state index in [0.29, 0.717) is 10.7 Å². The molecule has 0 bridgehead atoms. The third-order valence-corrected chi connectivity index (χ3v) is 2.66. The van der Waals surface area contributed by atoms with Crippen molar-refractivity contribution in [1.82, 2.24) is 0 Å². The Morgan fingerprint density at radius 3 is 2.57 bits per heavy atom. The van der Waals surface area contributed by atoms with Crippen LogP contribution in [0.2, 0.25) is 0 Å². The zero-order valence-electron chi connectivity index (χ0n) is 4.68. The highest BCUT2D eigenvalue weighted by Gasteiger charge is 1.95. The summed E-state index contributed by atoms with van der Waals surface area (Å²) in [6, 6.07) is 0. The smallest absolute Gasteiger partial charge is 0.0458 e. The summed E-state index contributed by atoms with van der Waals surface area (Å²) in [5, 5.41) is 0. The molecule has 1 unspecified atom stereocenters. The lowest BCUT2D eigenvalue weighted by Crippen LogP contribution is -2.02. The molecule has 2 heteroatoms. The van der Waals surface area contributed by atoms with Crippen molar-refractivity contribution in [2.24, 2.45) is 4.36 Å².